The lowest BCUT2D eigenvalue weighted by Crippen LogP contribution is -1.93. The molecular formula is C21H26. The van der Waals surface area contributed by atoms with Crippen molar-refractivity contribution in [1.82, 2.24) is 0 Å². The van der Waals surface area contributed by atoms with E-state index in [2.05, 4.69) is 65.8 Å². The molecule has 0 spiro atoms. The van der Waals surface area contributed by atoms with Crippen LogP contribution in [0, 0.1) is 13.8 Å². The first-order chi connectivity index (χ1) is 9.88. The number of hydrogen-bond donors (Lipinski definition) is 0. The Morgan fingerprint density at radius 3 is 1.38 bits per heavy atom. The van der Waals surface area contributed by atoms with Gasteiger partial charge in [-0.05, 0) is 76.6 Å². The van der Waals surface area contributed by atoms with E-state index in [4.69, 9.17) is 0 Å². The van der Waals surface area contributed by atoms with Gasteiger partial charge in [-0.1, -0.05) is 52.0 Å². The van der Waals surface area contributed by atoms with Crippen LogP contribution in [-0.4, -0.2) is 0 Å². The summed E-state index contributed by atoms with van der Waals surface area (Å²) in [6, 6.07) is 9.63. The van der Waals surface area contributed by atoms with Gasteiger partial charge in [0.1, 0.15) is 0 Å². The third-order valence-electron chi connectivity index (χ3n) is 4.97. The Labute approximate surface area is 129 Å². The van der Waals surface area contributed by atoms with E-state index in [1.807, 2.05) is 0 Å². The topological polar surface area (TPSA) is 0 Å². The predicted octanol–water partition coefficient (Wildman–Crippen LogP) is 6.12. The average molecular weight is 278 g/mol. The molecule has 1 aliphatic rings. The third kappa shape index (κ3) is 2.31. The summed E-state index contributed by atoms with van der Waals surface area (Å²) in [5.41, 5.74) is 11.9. The molecule has 0 amide bonds. The van der Waals surface area contributed by atoms with Crippen molar-refractivity contribution < 1.29 is 0 Å². The van der Waals surface area contributed by atoms with Crippen LogP contribution in [0.4, 0.5) is 0 Å². The Balaban J connectivity index is 2.24. The molecule has 0 fully saturated rings. The van der Waals surface area contributed by atoms with Gasteiger partial charge in [-0.2, -0.15) is 0 Å². The third-order valence-corrected chi connectivity index (χ3v) is 4.97. The molecule has 0 heteroatoms. The molecule has 0 aliphatic heterocycles. The zero-order valence-corrected chi connectivity index (χ0v) is 14.2. The van der Waals surface area contributed by atoms with Gasteiger partial charge in [0.15, 0.2) is 0 Å². The summed E-state index contributed by atoms with van der Waals surface area (Å²) < 4.78 is 0. The number of aryl methyl sites for hydroxylation is 2. The van der Waals surface area contributed by atoms with E-state index in [9.17, 15) is 0 Å². The average Bonchev–Trinajstić information content (AvgIpc) is 2.78. The smallest absolute Gasteiger partial charge is 0.000819 e. The van der Waals surface area contributed by atoms with Crippen molar-refractivity contribution in [2.75, 3.05) is 0 Å². The molecule has 0 aromatic heterocycles. The van der Waals surface area contributed by atoms with Gasteiger partial charge in [0.25, 0.3) is 0 Å². The minimum absolute atomic E-state index is 0.590. The summed E-state index contributed by atoms with van der Waals surface area (Å²) >= 11 is 0. The molecule has 0 bridgehead atoms. The van der Waals surface area contributed by atoms with Crippen LogP contribution in [0.2, 0.25) is 0 Å². The first-order valence-electron chi connectivity index (χ1n) is 8.15. The van der Waals surface area contributed by atoms with E-state index in [1.54, 1.807) is 11.1 Å². The van der Waals surface area contributed by atoms with Crippen LogP contribution < -0.4 is 0 Å². The Hall–Kier alpha value is -1.56. The lowest BCUT2D eigenvalue weighted by atomic mass is 9.91. The predicted molar refractivity (Wildman–Crippen MR) is 92.3 cm³/mol. The molecular weight excluding hydrogens is 252 g/mol. The van der Waals surface area contributed by atoms with Crippen LogP contribution in [0.5, 0.6) is 0 Å². The van der Waals surface area contributed by atoms with Gasteiger partial charge in [0, 0.05) is 0 Å². The van der Waals surface area contributed by atoms with Gasteiger partial charge in [0.2, 0.25) is 0 Å². The standard InChI is InChI=1S/C21H26/c1-12(2)16-7-14(5)18-11-19-15(6)8-17(13(3)4)10-21(19)20(18)9-16/h7-10,12-13H,11H2,1-6H3. The first-order valence-corrected chi connectivity index (χ1v) is 8.15. The summed E-state index contributed by atoms with van der Waals surface area (Å²) in [6.45, 7) is 13.7. The minimum Gasteiger partial charge on any atom is -0.0587 e. The Morgan fingerprint density at radius 1 is 0.667 bits per heavy atom. The summed E-state index contributed by atoms with van der Waals surface area (Å²) in [6.07, 6.45) is 1.11. The fraction of sp³-hybridized carbons (Fsp3) is 0.429. The molecule has 0 nitrogen and oxygen atoms in total. The Kier molecular flexibility index (Phi) is 3.43. The van der Waals surface area contributed by atoms with Crippen molar-refractivity contribution in [2.45, 2.75) is 59.8 Å². The van der Waals surface area contributed by atoms with E-state index in [-0.39, 0.29) is 0 Å². The second-order valence-electron chi connectivity index (χ2n) is 7.21. The SMILES string of the molecule is Cc1cc(C(C)C)cc2c1Cc1c(C)cc(C(C)C)cc1-2. The molecule has 0 unspecified atom stereocenters. The zero-order chi connectivity index (χ0) is 15.3. The molecule has 21 heavy (non-hydrogen) atoms. The van der Waals surface area contributed by atoms with Crippen molar-refractivity contribution in [3.8, 4) is 11.1 Å². The van der Waals surface area contributed by atoms with Crippen LogP contribution >= 0.6 is 0 Å². The maximum absolute atomic E-state index is 2.43. The normalized spacial score (nSPS) is 13.0. The molecule has 1 aliphatic carbocycles. The fourth-order valence-electron chi connectivity index (χ4n) is 3.48. The van der Waals surface area contributed by atoms with Gasteiger partial charge in [-0.25, -0.2) is 0 Å². The van der Waals surface area contributed by atoms with Crippen molar-refractivity contribution in [3.05, 3.63) is 57.6 Å². The van der Waals surface area contributed by atoms with E-state index in [0.717, 1.165) is 6.42 Å². The summed E-state index contributed by atoms with van der Waals surface area (Å²) in [5, 5.41) is 0. The van der Waals surface area contributed by atoms with Gasteiger partial charge in [0.05, 0.1) is 0 Å². The molecule has 0 N–H and O–H groups in total. The lowest BCUT2D eigenvalue weighted by Gasteiger charge is -2.13. The number of rotatable bonds is 2. The first kappa shape index (κ1) is 14.4. The largest absolute Gasteiger partial charge is 0.0587 e. The van der Waals surface area contributed by atoms with Crippen LogP contribution in [0.15, 0.2) is 24.3 Å². The molecule has 0 radical (unpaired) electrons. The second-order valence-corrected chi connectivity index (χ2v) is 7.21. The summed E-state index contributed by atoms with van der Waals surface area (Å²) in [7, 11) is 0. The van der Waals surface area contributed by atoms with Crippen molar-refractivity contribution >= 4 is 0 Å². The summed E-state index contributed by atoms with van der Waals surface area (Å²) in [5.74, 6) is 1.18. The fourth-order valence-corrected chi connectivity index (χ4v) is 3.48. The van der Waals surface area contributed by atoms with Crippen LogP contribution in [-0.2, 0) is 6.42 Å². The number of fused-ring (bicyclic) bond motifs is 3. The van der Waals surface area contributed by atoms with Crippen LogP contribution in [0.1, 0.15) is 72.9 Å². The van der Waals surface area contributed by atoms with Crippen molar-refractivity contribution in [3.63, 3.8) is 0 Å². The highest BCUT2D eigenvalue weighted by Gasteiger charge is 2.23. The molecule has 0 saturated heterocycles. The Bertz CT molecular complexity index is 641. The Morgan fingerprint density at radius 2 is 1.05 bits per heavy atom. The zero-order valence-electron chi connectivity index (χ0n) is 14.2. The summed E-state index contributed by atoms with van der Waals surface area (Å²) in [4.78, 5) is 0. The van der Waals surface area contributed by atoms with E-state index < -0.39 is 0 Å². The highest BCUT2D eigenvalue weighted by Crippen LogP contribution is 2.42. The van der Waals surface area contributed by atoms with E-state index >= 15 is 0 Å². The maximum Gasteiger partial charge on any atom is -0.000819 e. The van der Waals surface area contributed by atoms with Gasteiger partial charge in [-0.3, -0.25) is 0 Å². The monoisotopic (exact) mass is 278 g/mol. The number of benzene rings is 2. The number of hydrogen-bond acceptors (Lipinski definition) is 0. The van der Waals surface area contributed by atoms with Crippen LogP contribution in [0.25, 0.3) is 11.1 Å². The van der Waals surface area contributed by atoms with Crippen molar-refractivity contribution in [2.24, 2.45) is 0 Å². The lowest BCUT2D eigenvalue weighted by molar-refractivity contribution is 0.863. The molecule has 110 valence electrons. The molecule has 2 aromatic carbocycles. The quantitative estimate of drug-likeness (QED) is 0.529. The van der Waals surface area contributed by atoms with Crippen LogP contribution in [0.3, 0.4) is 0 Å². The molecule has 2 aromatic rings. The molecule has 0 saturated carbocycles. The van der Waals surface area contributed by atoms with E-state index in [0.29, 0.717) is 11.8 Å². The van der Waals surface area contributed by atoms with Crippen molar-refractivity contribution in [1.29, 1.82) is 0 Å². The van der Waals surface area contributed by atoms with Gasteiger partial charge >= 0.3 is 0 Å². The van der Waals surface area contributed by atoms with Gasteiger partial charge < -0.3 is 0 Å². The molecule has 0 heterocycles. The van der Waals surface area contributed by atoms with Gasteiger partial charge in [-0.15, -0.1) is 0 Å². The van der Waals surface area contributed by atoms with E-state index in [1.165, 1.54) is 33.4 Å². The highest BCUT2D eigenvalue weighted by molar-refractivity contribution is 5.80. The minimum atomic E-state index is 0.590. The highest BCUT2D eigenvalue weighted by atomic mass is 14.3. The second kappa shape index (κ2) is 5.02. The maximum atomic E-state index is 2.43. The molecule has 0 atom stereocenters. The molecule has 3 rings (SSSR count).